The lowest BCUT2D eigenvalue weighted by atomic mass is 10.1. The third-order valence-corrected chi connectivity index (χ3v) is 2.24. The van der Waals surface area contributed by atoms with E-state index in [1.165, 1.54) is 0 Å². The van der Waals surface area contributed by atoms with Gasteiger partial charge in [-0.2, -0.15) is 0 Å². The Kier molecular flexibility index (Phi) is 4.35. The molecule has 0 radical (unpaired) electrons. The van der Waals surface area contributed by atoms with Crippen LogP contribution in [0.5, 0.6) is 5.75 Å². The maximum Gasteiger partial charge on any atom is 0.311 e. The molecule has 0 saturated heterocycles. The third-order valence-electron chi connectivity index (χ3n) is 2.24. The molecule has 1 rings (SSSR count). The number of hydrogen-bond acceptors (Lipinski definition) is 2. The van der Waals surface area contributed by atoms with Crippen molar-refractivity contribution in [2.75, 3.05) is 0 Å². The highest BCUT2D eigenvalue weighted by Crippen LogP contribution is 2.17. The maximum absolute atomic E-state index is 11.4. The molecule has 0 amide bonds. The van der Waals surface area contributed by atoms with Gasteiger partial charge < -0.3 is 4.74 Å². The van der Waals surface area contributed by atoms with Crippen LogP contribution in [0.15, 0.2) is 24.3 Å². The molecule has 0 spiro atoms. The van der Waals surface area contributed by atoms with Gasteiger partial charge in [0, 0.05) is 6.42 Å². The topological polar surface area (TPSA) is 26.3 Å². The molecule has 0 unspecified atom stereocenters. The first-order valence-electron chi connectivity index (χ1n) is 5.36. The average Bonchev–Trinajstić information content (AvgIpc) is 2.18. The molecule has 0 aliphatic carbocycles. The fourth-order valence-electron chi connectivity index (χ4n) is 1.25. The molecule has 0 N–H and O–H groups in total. The molecule has 0 aromatic heterocycles. The van der Waals surface area contributed by atoms with Crippen molar-refractivity contribution in [3.05, 3.63) is 29.8 Å². The summed E-state index contributed by atoms with van der Waals surface area (Å²) in [4.78, 5) is 11.4. The van der Waals surface area contributed by atoms with Crippen molar-refractivity contribution in [3.63, 3.8) is 0 Å². The number of ether oxygens (including phenoxy) is 1. The number of carbonyl (C=O) groups is 1. The molecule has 82 valence electrons. The molecule has 0 saturated carbocycles. The molecule has 2 heteroatoms. The molecule has 1 aromatic carbocycles. The van der Waals surface area contributed by atoms with Crippen molar-refractivity contribution in [1.29, 1.82) is 0 Å². The van der Waals surface area contributed by atoms with E-state index in [0.717, 1.165) is 12.0 Å². The van der Waals surface area contributed by atoms with E-state index < -0.39 is 0 Å². The first-order valence-corrected chi connectivity index (χ1v) is 5.36. The van der Waals surface area contributed by atoms with E-state index in [1.54, 1.807) is 0 Å². The Balaban J connectivity index is 2.48. The van der Waals surface area contributed by atoms with E-state index in [2.05, 4.69) is 13.8 Å². The van der Waals surface area contributed by atoms with Crippen LogP contribution in [0.1, 0.15) is 32.3 Å². The predicted molar refractivity (Wildman–Crippen MR) is 60.9 cm³/mol. The second-order valence-electron chi connectivity index (χ2n) is 4.17. The summed E-state index contributed by atoms with van der Waals surface area (Å²) < 4.78 is 5.26. The van der Waals surface area contributed by atoms with Crippen molar-refractivity contribution in [3.8, 4) is 5.75 Å². The van der Waals surface area contributed by atoms with Crippen molar-refractivity contribution >= 4 is 5.97 Å². The number of hydrogen-bond donors (Lipinski definition) is 0. The lowest BCUT2D eigenvalue weighted by molar-refractivity contribution is -0.134. The van der Waals surface area contributed by atoms with E-state index in [-0.39, 0.29) is 5.97 Å². The summed E-state index contributed by atoms with van der Waals surface area (Å²) >= 11 is 0. The van der Waals surface area contributed by atoms with Crippen LogP contribution in [0.4, 0.5) is 0 Å². The second kappa shape index (κ2) is 5.54. The van der Waals surface area contributed by atoms with Gasteiger partial charge in [0.25, 0.3) is 0 Å². The van der Waals surface area contributed by atoms with Crippen LogP contribution in [-0.2, 0) is 4.79 Å². The van der Waals surface area contributed by atoms with Gasteiger partial charge in [-0.3, -0.25) is 4.79 Å². The Morgan fingerprint density at radius 2 is 2.00 bits per heavy atom. The molecular formula is C13H18O2. The van der Waals surface area contributed by atoms with Gasteiger partial charge in [0.05, 0.1) is 0 Å². The average molecular weight is 206 g/mol. The van der Waals surface area contributed by atoms with E-state index >= 15 is 0 Å². The zero-order valence-electron chi connectivity index (χ0n) is 9.62. The molecule has 0 heterocycles. The minimum absolute atomic E-state index is 0.141. The molecule has 0 aliphatic heterocycles. The van der Waals surface area contributed by atoms with Crippen LogP contribution in [0.2, 0.25) is 0 Å². The van der Waals surface area contributed by atoms with Gasteiger partial charge in [-0.25, -0.2) is 0 Å². The Labute approximate surface area is 91.3 Å². The van der Waals surface area contributed by atoms with Crippen LogP contribution in [0.3, 0.4) is 0 Å². The molecule has 1 aromatic rings. The Morgan fingerprint density at radius 3 is 2.60 bits per heavy atom. The molecule has 0 atom stereocenters. The van der Waals surface area contributed by atoms with Gasteiger partial charge in [-0.1, -0.05) is 32.0 Å². The van der Waals surface area contributed by atoms with Crippen LogP contribution >= 0.6 is 0 Å². The Hall–Kier alpha value is -1.31. The predicted octanol–water partition coefficient (Wildman–Crippen LogP) is 3.34. The normalized spacial score (nSPS) is 10.4. The molecule has 2 nitrogen and oxygen atoms in total. The number of rotatable bonds is 4. The third kappa shape index (κ3) is 4.15. The molecule has 15 heavy (non-hydrogen) atoms. The Bertz CT molecular complexity index is 329. The van der Waals surface area contributed by atoms with Crippen molar-refractivity contribution in [2.24, 2.45) is 5.92 Å². The summed E-state index contributed by atoms with van der Waals surface area (Å²) in [5, 5.41) is 0. The molecule has 0 aliphatic rings. The zero-order chi connectivity index (χ0) is 11.3. The molecule has 0 fully saturated rings. The SMILES string of the molecule is Cc1ccccc1OC(=O)CCC(C)C. The molecular weight excluding hydrogens is 188 g/mol. The summed E-state index contributed by atoms with van der Waals surface area (Å²) in [5.41, 5.74) is 0.996. The number of benzene rings is 1. The number of para-hydroxylation sites is 1. The highest BCUT2D eigenvalue weighted by Gasteiger charge is 2.07. The number of aryl methyl sites for hydroxylation is 1. The first-order chi connectivity index (χ1) is 7.09. The van der Waals surface area contributed by atoms with Gasteiger partial charge >= 0.3 is 5.97 Å². The van der Waals surface area contributed by atoms with Gasteiger partial charge in [0.2, 0.25) is 0 Å². The standard InChI is InChI=1S/C13H18O2/c1-10(2)8-9-13(14)15-12-7-5-4-6-11(12)3/h4-7,10H,8-9H2,1-3H3. The van der Waals surface area contributed by atoms with Crippen molar-refractivity contribution in [1.82, 2.24) is 0 Å². The number of carbonyl (C=O) groups excluding carboxylic acids is 1. The lowest BCUT2D eigenvalue weighted by Gasteiger charge is -2.07. The summed E-state index contributed by atoms with van der Waals surface area (Å²) in [5.74, 6) is 1.07. The van der Waals surface area contributed by atoms with Crippen molar-refractivity contribution < 1.29 is 9.53 Å². The smallest absolute Gasteiger partial charge is 0.311 e. The summed E-state index contributed by atoms with van der Waals surface area (Å²) in [7, 11) is 0. The van der Waals surface area contributed by atoms with Gasteiger partial charge in [0.15, 0.2) is 0 Å². The second-order valence-corrected chi connectivity index (χ2v) is 4.17. The minimum Gasteiger partial charge on any atom is -0.426 e. The van der Waals surface area contributed by atoms with Crippen molar-refractivity contribution in [2.45, 2.75) is 33.6 Å². The fraction of sp³-hybridized carbons (Fsp3) is 0.462. The first kappa shape index (κ1) is 11.8. The van der Waals surface area contributed by atoms with Gasteiger partial charge in [-0.05, 0) is 30.9 Å². The van der Waals surface area contributed by atoms with Crippen LogP contribution in [0.25, 0.3) is 0 Å². The summed E-state index contributed by atoms with van der Waals surface area (Å²) in [6, 6.07) is 7.56. The summed E-state index contributed by atoms with van der Waals surface area (Å²) in [6.45, 7) is 6.13. The van der Waals surface area contributed by atoms with E-state index in [0.29, 0.717) is 18.1 Å². The number of esters is 1. The summed E-state index contributed by atoms with van der Waals surface area (Å²) in [6.07, 6.45) is 1.37. The fourth-order valence-corrected chi connectivity index (χ4v) is 1.25. The minimum atomic E-state index is -0.141. The van der Waals surface area contributed by atoms with Crippen LogP contribution < -0.4 is 4.74 Å². The zero-order valence-corrected chi connectivity index (χ0v) is 9.62. The van der Waals surface area contributed by atoms with E-state index in [9.17, 15) is 4.79 Å². The van der Waals surface area contributed by atoms with E-state index in [1.807, 2.05) is 31.2 Å². The van der Waals surface area contributed by atoms with Gasteiger partial charge in [-0.15, -0.1) is 0 Å². The highest BCUT2D eigenvalue weighted by molar-refractivity contribution is 5.72. The Morgan fingerprint density at radius 1 is 1.33 bits per heavy atom. The highest BCUT2D eigenvalue weighted by atomic mass is 16.5. The monoisotopic (exact) mass is 206 g/mol. The van der Waals surface area contributed by atoms with Gasteiger partial charge in [0.1, 0.15) is 5.75 Å². The molecule has 0 bridgehead atoms. The van der Waals surface area contributed by atoms with Crippen LogP contribution in [-0.4, -0.2) is 5.97 Å². The maximum atomic E-state index is 11.4. The quantitative estimate of drug-likeness (QED) is 0.558. The largest absolute Gasteiger partial charge is 0.426 e. The lowest BCUT2D eigenvalue weighted by Crippen LogP contribution is -2.09. The van der Waals surface area contributed by atoms with E-state index in [4.69, 9.17) is 4.74 Å². The van der Waals surface area contributed by atoms with Crippen LogP contribution in [0, 0.1) is 12.8 Å².